The average molecular weight is 366 g/mol. The van der Waals surface area contributed by atoms with Gasteiger partial charge in [0.05, 0.1) is 16.6 Å². The van der Waals surface area contributed by atoms with Crippen molar-refractivity contribution in [1.82, 2.24) is 4.57 Å². The second-order valence-electron chi connectivity index (χ2n) is 5.17. The van der Waals surface area contributed by atoms with Crippen LogP contribution in [0.25, 0.3) is 11.0 Å². The quantitative estimate of drug-likeness (QED) is 0.648. The number of imidazole rings is 1. The maximum Gasteiger partial charge on any atom is 0.307 e. The number of nitrogens with zero attached hydrogens (tertiary/aromatic N) is 2. The molecule has 8 heteroatoms. The van der Waals surface area contributed by atoms with Crippen LogP contribution in [0, 0.1) is 6.92 Å². The van der Waals surface area contributed by atoms with Gasteiger partial charge in [-0.2, -0.15) is 8.42 Å². The van der Waals surface area contributed by atoms with Crippen molar-refractivity contribution in [2.45, 2.75) is 45.5 Å². The topological polar surface area (TPSA) is 63.2 Å². The molecule has 0 saturated heterocycles. The summed E-state index contributed by atoms with van der Waals surface area (Å²) < 4.78 is 36.9. The smallest absolute Gasteiger partial charge is 0.282 e. The van der Waals surface area contributed by atoms with Gasteiger partial charge in [0, 0.05) is 25.5 Å². The Morgan fingerprint density at radius 3 is 2.36 bits per heavy atom. The molecule has 122 valence electrons. The molecular weight excluding hydrogens is 347 g/mol. The number of fused-ring (bicyclic) bond motifs is 1. The highest BCUT2D eigenvalue weighted by atomic mass is 35.5. The second-order valence-corrected chi connectivity index (χ2v) is 7.56. The molecule has 0 radical (unpaired) electrons. The molecule has 1 N–H and O–H groups in total. The first kappa shape index (κ1) is 17.5. The molecule has 22 heavy (non-hydrogen) atoms. The van der Waals surface area contributed by atoms with E-state index in [0.29, 0.717) is 34.9 Å². The summed E-state index contributed by atoms with van der Waals surface area (Å²) in [7, 11) is -4.24. The van der Waals surface area contributed by atoms with Crippen molar-refractivity contribution in [2.24, 2.45) is 0 Å². The summed E-state index contributed by atoms with van der Waals surface area (Å²) >= 11 is 12.2. The summed E-state index contributed by atoms with van der Waals surface area (Å²) in [6.45, 7) is 6.30. The van der Waals surface area contributed by atoms with Gasteiger partial charge in [-0.15, -0.1) is 0 Å². The molecule has 1 atom stereocenters. The lowest BCUT2D eigenvalue weighted by molar-refractivity contribution is -0.675. The Kier molecular flexibility index (Phi) is 5.06. The molecule has 0 aliphatic rings. The molecule has 2 aromatic rings. The molecule has 0 amide bonds. The molecule has 0 fully saturated rings. The van der Waals surface area contributed by atoms with Crippen molar-refractivity contribution in [3.8, 4) is 0 Å². The molecule has 5 nitrogen and oxygen atoms in total. The molecule has 0 bridgehead atoms. The van der Waals surface area contributed by atoms with E-state index < -0.39 is 15.5 Å². The van der Waals surface area contributed by atoms with E-state index in [0.717, 1.165) is 11.3 Å². The first-order chi connectivity index (χ1) is 10.2. The Bertz CT molecular complexity index is 815. The minimum absolute atomic E-state index is 0.313. The number of halogens is 2. The van der Waals surface area contributed by atoms with Crippen molar-refractivity contribution in [3.05, 3.63) is 28.0 Å². The highest BCUT2D eigenvalue weighted by Gasteiger charge is 2.35. The normalized spacial score (nSPS) is 13.7. The Hall–Kier alpha value is -0.820. The molecule has 2 rings (SSSR count). The van der Waals surface area contributed by atoms with Crippen LogP contribution in [-0.2, 0) is 16.7 Å². The van der Waals surface area contributed by atoms with E-state index in [4.69, 9.17) is 23.2 Å². The van der Waals surface area contributed by atoms with Crippen LogP contribution in [-0.4, -0.2) is 17.5 Å². The van der Waals surface area contributed by atoms with Crippen LogP contribution in [0.5, 0.6) is 0 Å². The predicted octanol–water partition coefficient (Wildman–Crippen LogP) is 3.75. The van der Waals surface area contributed by atoms with Crippen LogP contribution in [0.4, 0.5) is 0 Å². The van der Waals surface area contributed by atoms with E-state index in [1.807, 2.05) is 25.3 Å². The highest BCUT2D eigenvalue weighted by molar-refractivity contribution is 7.85. The number of aryl methyl sites for hydroxylation is 1. The fourth-order valence-corrected chi connectivity index (χ4v) is 4.22. The molecular formula is C14H19Cl2N2O3S+. The van der Waals surface area contributed by atoms with Gasteiger partial charge in [0.25, 0.3) is 5.82 Å². The molecule has 1 unspecified atom stereocenters. The van der Waals surface area contributed by atoms with Gasteiger partial charge in [0.1, 0.15) is 0 Å². The summed E-state index contributed by atoms with van der Waals surface area (Å²) in [6, 6.07) is 3.37. The molecule has 1 aromatic carbocycles. The van der Waals surface area contributed by atoms with E-state index in [2.05, 4.69) is 0 Å². The van der Waals surface area contributed by atoms with Crippen LogP contribution in [0.1, 0.15) is 37.9 Å². The van der Waals surface area contributed by atoms with E-state index in [1.54, 1.807) is 16.7 Å². The van der Waals surface area contributed by atoms with E-state index >= 15 is 0 Å². The van der Waals surface area contributed by atoms with Crippen molar-refractivity contribution in [2.75, 3.05) is 0 Å². The Morgan fingerprint density at radius 2 is 1.86 bits per heavy atom. The van der Waals surface area contributed by atoms with Gasteiger partial charge in [0.15, 0.2) is 11.0 Å². The standard InChI is InChI=1S/C14H18Cl2N2O3S/c1-4-6-14(22(19,20)21)18-9(3)17(5-2)12-7-10(15)11(16)8-13(12)18/h7-8,14H,4-6H2,1-3H3/p+1. The molecule has 0 aliphatic carbocycles. The zero-order valence-corrected chi connectivity index (χ0v) is 15.0. The number of hydrogen-bond acceptors (Lipinski definition) is 2. The van der Waals surface area contributed by atoms with Crippen LogP contribution in [0.15, 0.2) is 12.1 Å². The van der Waals surface area contributed by atoms with Crippen LogP contribution < -0.4 is 4.57 Å². The number of aromatic nitrogens is 2. The molecule has 0 spiro atoms. The molecule has 0 saturated carbocycles. The molecule has 1 heterocycles. The van der Waals surface area contributed by atoms with Crippen molar-refractivity contribution in [3.63, 3.8) is 0 Å². The molecule has 0 aliphatic heterocycles. The minimum atomic E-state index is -4.24. The first-order valence-corrected chi connectivity index (χ1v) is 9.33. The third-order valence-corrected chi connectivity index (χ3v) is 5.65. The van der Waals surface area contributed by atoms with Crippen LogP contribution >= 0.6 is 23.2 Å². The van der Waals surface area contributed by atoms with Crippen LogP contribution in [0.2, 0.25) is 10.0 Å². The third kappa shape index (κ3) is 2.97. The average Bonchev–Trinajstić information content (AvgIpc) is 2.67. The zero-order valence-electron chi connectivity index (χ0n) is 12.7. The largest absolute Gasteiger partial charge is 0.307 e. The summed E-state index contributed by atoms with van der Waals surface area (Å²) in [6.07, 6.45) is 0.935. The summed E-state index contributed by atoms with van der Waals surface area (Å²) in [5, 5.41) is -0.279. The predicted molar refractivity (Wildman–Crippen MR) is 88.1 cm³/mol. The highest BCUT2D eigenvalue weighted by Crippen LogP contribution is 2.32. The zero-order chi connectivity index (χ0) is 16.7. The lowest BCUT2D eigenvalue weighted by Gasteiger charge is -2.12. The third-order valence-electron chi connectivity index (χ3n) is 3.79. The van der Waals surface area contributed by atoms with E-state index in [1.165, 1.54) is 0 Å². The van der Waals surface area contributed by atoms with Gasteiger partial charge in [-0.05, 0) is 6.92 Å². The minimum Gasteiger partial charge on any atom is -0.282 e. The van der Waals surface area contributed by atoms with Crippen LogP contribution in [0.3, 0.4) is 0 Å². The van der Waals surface area contributed by atoms with E-state index in [-0.39, 0.29) is 0 Å². The molecule has 1 aromatic heterocycles. The van der Waals surface area contributed by atoms with Gasteiger partial charge in [0.2, 0.25) is 5.37 Å². The van der Waals surface area contributed by atoms with Gasteiger partial charge in [-0.3, -0.25) is 4.55 Å². The monoisotopic (exact) mass is 365 g/mol. The Balaban J connectivity index is 2.88. The Labute approximate surface area is 140 Å². The van der Waals surface area contributed by atoms with Gasteiger partial charge >= 0.3 is 10.1 Å². The maximum atomic E-state index is 11.8. The number of benzene rings is 1. The fourth-order valence-electron chi connectivity index (χ4n) is 2.83. The first-order valence-electron chi connectivity index (χ1n) is 7.08. The van der Waals surface area contributed by atoms with Gasteiger partial charge in [-0.25, -0.2) is 9.13 Å². The lowest BCUT2D eigenvalue weighted by Crippen LogP contribution is -2.36. The Morgan fingerprint density at radius 1 is 1.27 bits per heavy atom. The fraction of sp³-hybridized carbons (Fsp3) is 0.500. The van der Waals surface area contributed by atoms with Crippen molar-refractivity contribution in [1.29, 1.82) is 0 Å². The summed E-state index contributed by atoms with van der Waals surface area (Å²) in [5.41, 5.74) is 1.43. The number of rotatable bonds is 5. The second kappa shape index (κ2) is 6.35. The van der Waals surface area contributed by atoms with Crippen molar-refractivity contribution < 1.29 is 17.5 Å². The van der Waals surface area contributed by atoms with Crippen molar-refractivity contribution >= 4 is 44.4 Å². The summed E-state index contributed by atoms with van der Waals surface area (Å²) in [4.78, 5) is 0. The van der Waals surface area contributed by atoms with Gasteiger partial charge < -0.3 is 0 Å². The summed E-state index contributed by atoms with van der Waals surface area (Å²) in [5.74, 6) is 0.729. The lowest BCUT2D eigenvalue weighted by atomic mass is 10.3. The SMILES string of the molecule is CCCC(n1c(C)[n+](CC)c2cc(Cl)c(Cl)cc21)S(=O)(=O)O. The van der Waals surface area contributed by atoms with E-state index in [9.17, 15) is 13.0 Å². The van der Waals surface area contributed by atoms with Gasteiger partial charge in [-0.1, -0.05) is 36.5 Å². The number of hydrogen-bond donors (Lipinski definition) is 1. The maximum absolute atomic E-state index is 11.8.